The van der Waals surface area contributed by atoms with Crippen LogP contribution in [0.15, 0.2) is 66.1 Å². The molecule has 4 rings (SSSR count). The topological polar surface area (TPSA) is 90.2 Å². The highest BCUT2D eigenvalue weighted by Gasteiger charge is 2.34. The van der Waals surface area contributed by atoms with Gasteiger partial charge in [-0.1, -0.05) is 6.07 Å². The first-order valence-electron chi connectivity index (χ1n) is 8.11. The zero-order valence-corrected chi connectivity index (χ0v) is 14.7. The van der Waals surface area contributed by atoms with E-state index in [2.05, 4.69) is 15.1 Å². The summed E-state index contributed by atoms with van der Waals surface area (Å²) in [5, 5.41) is 4.32. The molecule has 0 spiro atoms. The van der Waals surface area contributed by atoms with E-state index in [0.29, 0.717) is 5.88 Å². The minimum Gasteiger partial charge on any atom is -0.475 e. The van der Waals surface area contributed by atoms with Crippen molar-refractivity contribution >= 4 is 10.0 Å². The molecule has 0 saturated carbocycles. The second-order valence-corrected chi connectivity index (χ2v) is 7.82. The Morgan fingerprint density at radius 2 is 2.04 bits per heavy atom. The predicted octanol–water partition coefficient (Wildman–Crippen LogP) is 1.50. The summed E-state index contributed by atoms with van der Waals surface area (Å²) < 4.78 is 34.9. The van der Waals surface area contributed by atoms with Crippen molar-refractivity contribution < 1.29 is 13.2 Å². The van der Waals surface area contributed by atoms with Crippen molar-refractivity contribution in [1.29, 1.82) is 0 Å². The summed E-state index contributed by atoms with van der Waals surface area (Å²) >= 11 is 0. The molecular formula is C17H17N5O3S. The normalized spacial score (nSPS) is 17.6. The molecule has 1 atom stereocenters. The van der Waals surface area contributed by atoms with E-state index in [4.69, 9.17) is 4.74 Å². The highest BCUT2D eigenvalue weighted by atomic mass is 32.2. The summed E-state index contributed by atoms with van der Waals surface area (Å²) in [5.41, 5.74) is 0.818. The van der Waals surface area contributed by atoms with E-state index in [0.717, 1.165) is 5.69 Å². The maximum Gasteiger partial charge on any atom is 0.245 e. The Kier molecular flexibility index (Phi) is 4.39. The average Bonchev–Trinajstić information content (AvgIpc) is 3.16. The Balaban J connectivity index is 1.58. The van der Waals surface area contributed by atoms with E-state index in [1.807, 2.05) is 16.8 Å². The van der Waals surface area contributed by atoms with Gasteiger partial charge in [-0.05, 0) is 24.3 Å². The Morgan fingerprint density at radius 1 is 1.12 bits per heavy atom. The summed E-state index contributed by atoms with van der Waals surface area (Å²) in [6.45, 7) is 0.792. The molecule has 26 heavy (non-hydrogen) atoms. The first-order valence-corrected chi connectivity index (χ1v) is 9.55. The lowest BCUT2D eigenvalue weighted by atomic mass is 10.2. The van der Waals surface area contributed by atoms with Crippen molar-refractivity contribution in [2.24, 2.45) is 0 Å². The van der Waals surface area contributed by atoms with Crippen LogP contribution < -0.4 is 4.74 Å². The van der Waals surface area contributed by atoms with E-state index < -0.39 is 10.0 Å². The van der Waals surface area contributed by atoms with Gasteiger partial charge in [0.1, 0.15) is 17.5 Å². The van der Waals surface area contributed by atoms with E-state index in [-0.39, 0.29) is 30.6 Å². The number of fused-ring (bicyclic) bond motifs is 1. The van der Waals surface area contributed by atoms with Gasteiger partial charge in [-0.3, -0.25) is 9.67 Å². The van der Waals surface area contributed by atoms with Crippen LogP contribution in [0.3, 0.4) is 0 Å². The van der Waals surface area contributed by atoms with Crippen LogP contribution in [-0.4, -0.2) is 45.6 Å². The van der Waals surface area contributed by atoms with Crippen LogP contribution in [0, 0.1) is 0 Å². The Hall–Kier alpha value is -2.78. The molecule has 0 bridgehead atoms. The number of hydrogen-bond donors (Lipinski definition) is 0. The SMILES string of the molecule is O=S(=O)(c1cccnc1)N1Cc2ccnn2C(COc2ccccn2)C1. The quantitative estimate of drug-likeness (QED) is 0.675. The minimum atomic E-state index is -3.64. The number of sulfonamides is 1. The third kappa shape index (κ3) is 3.18. The first-order chi connectivity index (χ1) is 12.6. The maximum atomic E-state index is 12.9. The summed E-state index contributed by atoms with van der Waals surface area (Å²) in [6.07, 6.45) is 6.23. The lowest BCUT2D eigenvalue weighted by Crippen LogP contribution is -2.43. The molecule has 0 radical (unpaired) electrons. The van der Waals surface area contributed by atoms with Gasteiger partial charge in [0.2, 0.25) is 15.9 Å². The summed E-state index contributed by atoms with van der Waals surface area (Å²) in [5.74, 6) is 0.494. The fourth-order valence-corrected chi connectivity index (χ4v) is 4.34. The lowest BCUT2D eigenvalue weighted by molar-refractivity contribution is 0.178. The van der Waals surface area contributed by atoms with Gasteiger partial charge in [0.15, 0.2) is 0 Å². The van der Waals surface area contributed by atoms with Gasteiger partial charge in [0.05, 0.1) is 12.2 Å². The number of nitrogens with zero attached hydrogens (tertiary/aromatic N) is 5. The number of aromatic nitrogens is 4. The fourth-order valence-electron chi connectivity index (χ4n) is 2.92. The van der Waals surface area contributed by atoms with Gasteiger partial charge < -0.3 is 4.74 Å². The van der Waals surface area contributed by atoms with Crippen molar-refractivity contribution in [3.05, 3.63) is 66.9 Å². The van der Waals surface area contributed by atoms with Crippen molar-refractivity contribution in [2.75, 3.05) is 13.2 Å². The Bertz CT molecular complexity index is 976. The van der Waals surface area contributed by atoms with Crippen LogP contribution in [-0.2, 0) is 16.6 Å². The molecular weight excluding hydrogens is 354 g/mol. The molecule has 1 aliphatic heterocycles. The second-order valence-electron chi connectivity index (χ2n) is 5.89. The van der Waals surface area contributed by atoms with Crippen molar-refractivity contribution in [3.8, 4) is 5.88 Å². The summed E-state index contributed by atoms with van der Waals surface area (Å²) in [4.78, 5) is 8.23. The van der Waals surface area contributed by atoms with E-state index in [1.165, 1.54) is 10.5 Å². The highest BCUT2D eigenvalue weighted by molar-refractivity contribution is 7.89. The third-order valence-electron chi connectivity index (χ3n) is 4.18. The van der Waals surface area contributed by atoms with Crippen molar-refractivity contribution in [3.63, 3.8) is 0 Å². The molecule has 3 aromatic heterocycles. The third-order valence-corrected chi connectivity index (χ3v) is 5.98. The van der Waals surface area contributed by atoms with Crippen LogP contribution in [0.2, 0.25) is 0 Å². The van der Waals surface area contributed by atoms with Gasteiger partial charge in [-0.15, -0.1) is 0 Å². The molecule has 0 aliphatic carbocycles. The molecule has 0 aromatic carbocycles. The smallest absolute Gasteiger partial charge is 0.245 e. The largest absolute Gasteiger partial charge is 0.475 e. The molecule has 1 aliphatic rings. The molecule has 0 saturated heterocycles. The lowest BCUT2D eigenvalue weighted by Gasteiger charge is -2.32. The van der Waals surface area contributed by atoms with E-state index in [9.17, 15) is 8.42 Å². The zero-order chi connectivity index (χ0) is 18.0. The van der Waals surface area contributed by atoms with Gasteiger partial charge in [-0.2, -0.15) is 9.40 Å². The van der Waals surface area contributed by atoms with Crippen LogP contribution in [0.25, 0.3) is 0 Å². The molecule has 4 heterocycles. The monoisotopic (exact) mass is 371 g/mol. The van der Waals surface area contributed by atoms with Gasteiger partial charge >= 0.3 is 0 Å². The van der Waals surface area contributed by atoms with E-state index in [1.54, 1.807) is 42.9 Å². The van der Waals surface area contributed by atoms with Gasteiger partial charge in [-0.25, -0.2) is 13.4 Å². The fraction of sp³-hybridized carbons (Fsp3) is 0.235. The highest BCUT2D eigenvalue weighted by Crippen LogP contribution is 2.26. The molecule has 3 aromatic rings. The molecule has 134 valence electrons. The first kappa shape index (κ1) is 16.7. The Labute approximate surface area is 151 Å². The number of pyridine rings is 2. The van der Waals surface area contributed by atoms with Crippen molar-refractivity contribution in [2.45, 2.75) is 17.5 Å². The maximum absolute atomic E-state index is 12.9. The summed E-state index contributed by atoms with van der Waals surface area (Å²) in [6, 6.07) is 10.1. The van der Waals surface area contributed by atoms with Crippen LogP contribution in [0.4, 0.5) is 0 Å². The number of ether oxygens (including phenoxy) is 1. The summed E-state index contributed by atoms with van der Waals surface area (Å²) in [7, 11) is -3.64. The molecule has 1 unspecified atom stereocenters. The predicted molar refractivity (Wildman–Crippen MR) is 92.8 cm³/mol. The standard InChI is InChI=1S/C17H17N5O3S/c23-26(24,16-4-3-7-18-10-16)21-11-14-6-9-20-22(14)15(12-21)13-25-17-5-1-2-8-19-17/h1-10,15H,11-13H2. The molecule has 9 heteroatoms. The minimum absolute atomic E-state index is 0.178. The zero-order valence-electron chi connectivity index (χ0n) is 13.8. The Morgan fingerprint density at radius 3 is 2.81 bits per heavy atom. The van der Waals surface area contributed by atoms with Crippen LogP contribution >= 0.6 is 0 Å². The van der Waals surface area contributed by atoms with Crippen LogP contribution in [0.5, 0.6) is 5.88 Å². The van der Waals surface area contributed by atoms with Crippen molar-refractivity contribution in [1.82, 2.24) is 24.1 Å². The van der Waals surface area contributed by atoms with Gasteiger partial charge in [0.25, 0.3) is 0 Å². The molecule has 0 fully saturated rings. The van der Waals surface area contributed by atoms with Gasteiger partial charge in [0, 0.05) is 37.4 Å². The molecule has 0 amide bonds. The number of hydrogen-bond acceptors (Lipinski definition) is 6. The second kappa shape index (κ2) is 6.85. The number of rotatable bonds is 5. The molecule has 8 nitrogen and oxygen atoms in total. The van der Waals surface area contributed by atoms with E-state index >= 15 is 0 Å². The average molecular weight is 371 g/mol. The molecule has 0 N–H and O–H groups in total. The van der Waals surface area contributed by atoms with Crippen LogP contribution in [0.1, 0.15) is 11.7 Å².